The fraction of sp³-hybridized carbons (Fsp3) is 0.400. The molecule has 0 aliphatic heterocycles. The quantitative estimate of drug-likeness (QED) is 0.340. The van der Waals surface area contributed by atoms with Gasteiger partial charge in [-0.25, -0.2) is 4.39 Å². The SMILES string of the molecule is COc1ccc(CCN(C(=O)Cc2cccs2)[C@H](C(=O)NC2CCCCC2)c2ccccc2F)cc1OC. The van der Waals surface area contributed by atoms with Crippen LogP contribution in [0.5, 0.6) is 11.5 Å². The number of hydrogen-bond acceptors (Lipinski definition) is 5. The molecule has 202 valence electrons. The normalized spacial score (nSPS) is 14.5. The monoisotopic (exact) mass is 538 g/mol. The van der Waals surface area contributed by atoms with Gasteiger partial charge in [-0.15, -0.1) is 11.3 Å². The number of methoxy groups -OCH3 is 2. The van der Waals surface area contributed by atoms with Gasteiger partial charge in [0.1, 0.15) is 11.9 Å². The van der Waals surface area contributed by atoms with Gasteiger partial charge in [-0.3, -0.25) is 9.59 Å². The van der Waals surface area contributed by atoms with Crippen LogP contribution in [-0.4, -0.2) is 43.5 Å². The summed E-state index contributed by atoms with van der Waals surface area (Å²) in [6.07, 6.45) is 5.64. The van der Waals surface area contributed by atoms with Crippen LogP contribution in [0, 0.1) is 5.82 Å². The van der Waals surface area contributed by atoms with Crippen molar-refractivity contribution in [2.75, 3.05) is 20.8 Å². The number of carbonyl (C=O) groups excluding carboxylic acids is 2. The molecule has 3 aromatic rings. The van der Waals surface area contributed by atoms with Crippen molar-refractivity contribution < 1.29 is 23.5 Å². The summed E-state index contributed by atoms with van der Waals surface area (Å²) in [5.41, 5.74) is 1.11. The summed E-state index contributed by atoms with van der Waals surface area (Å²) in [6.45, 7) is 0.233. The number of halogens is 1. The average molecular weight is 539 g/mol. The van der Waals surface area contributed by atoms with Gasteiger partial charge in [0.25, 0.3) is 0 Å². The van der Waals surface area contributed by atoms with E-state index < -0.39 is 11.9 Å². The van der Waals surface area contributed by atoms with Gasteiger partial charge in [-0.2, -0.15) is 0 Å². The molecule has 1 atom stereocenters. The molecule has 1 aliphatic carbocycles. The third kappa shape index (κ3) is 6.92. The Kier molecular flexibility index (Phi) is 9.76. The summed E-state index contributed by atoms with van der Waals surface area (Å²) in [4.78, 5) is 30.0. The highest BCUT2D eigenvalue weighted by molar-refractivity contribution is 7.10. The molecule has 1 fully saturated rings. The van der Waals surface area contributed by atoms with E-state index in [1.807, 2.05) is 35.7 Å². The van der Waals surface area contributed by atoms with Crippen LogP contribution in [0.25, 0.3) is 0 Å². The number of nitrogens with zero attached hydrogens (tertiary/aromatic N) is 1. The Bertz CT molecular complexity index is 1210. The van der Waals surface area contributed by atoms with E-state index in [2.05, 4.69) is 5.32 Å². The molecule has 2 amide bonds. The molecule has 0 spiro atoms. The highest BCUT2D eigenvalue weighted by Gasteiger charge is 2.34. The molecule has 0 radical (unpaired) electrons. The minimum absolute atomic E-state index is 0.0330. The second-order valence-corrected chi connectivity index (χ2v) is 10.6. The van der Waals surface area contributed by atoms with E-state index in [9.17, 15) is 9.59 Å². The van der Waals surface area contributed by atoms with Crippen LogP contribution in [-0.2, 0) is 22.4 Å². The van der Waals surface area contributed by atoms with Gasteiger partial charge < -0.3 is 19.7 Å². The van der Waals surface area contributed by atoms with E-state index in [0.717, 1.165) is 42.5 Å². The Labute approximate surface area is 227 Å². The zero-order valence-electron chi connectivity index (χ0n) is 22.0. The zero-order valence-corrected chi connectivity index (χ0v) is 22.8. The predicted molar refractivity (Wildman–Crippen MR) is 147 cm³/mol. The third-order valence-electron chi connectivity index (χ3n) is 7.03. The lowest BCUT2D eigenvalue weighted by atomic mass is 9.94. The van der Waals surface area contributed by atoms with Gasteiger partial charge in [-0.05, 0) is 54.5 Å². The Morgan fingerprint density at radius 3 is 2.47 bits per heavy atom. The molecule has 8 heteroatoms. The molecule has 1 N–H and O–H groups in total. The zero-order chi connectivity index (χ0) is 26.9. The maximum Gasteiger partial charge on any atom is 0.247 e. The van der Waals surface area contributed by atoms with E-state index in [1.165, 1.54) is 22.3 Å². The van der Waals surface area contributed by atoms with Crippen molar-refractivity contribution >= 4 is 23.2 Å². The molecule has 0 bridgehead atoms. The number of carbonyl (C=O) groups is 2. The van der Waals surface area contributed by atoms with Crippen molar-refractivity contribution in [1.82, 2.24) is 10.2 Å². The molecule has 38 heavy (non-hydrogen) atoms. The van der Waals surface area contributed by atoms with Crippen LogP contribution in [0.15, 0.2) is 60.0 Å². The van der Waals surface area contributed by atoms with Crippen molar-refractivity contribution in [1.29, 1.82) is 0 Å². The topological polar surface area (TPSA) is 67.9 Å². The minimum Gasteiger partial charge on any atom is -0.493 e. The number of rotatable bonds is 11. The lowest BCUT2D eigenvalue weighted by molar-refractivity contribution is -0.140. The first kappa shape index (κ1) is 27.6. The van der Waals surface area contributed by atoms with Crippen LogP contribution >= 0.6 is 11.3 Å². The molecule has 0 unspecified atom stereocenters. The van der Waals surface area contributed by atoms with E-state index in [-0.39, 0.29) is 36.4 Å². The Balaban J connectivity index is 1.66. The van der Waals surface area contributed by atoms with Crippen LogP contribution < -0.4 is 14.8 Å². The van der Waals surface area contributed by atoms with Gasteiger partial charge >= 0.3 is 0 Å². The molecular formula is C30H35FN2O4S. The summed E-state index contributed by atoms with van der Waals surface area (Å²) >= 11 is 1.49. The molecule has 6 nitrogen and oxygen atoms in total. The Morgan fingerprint density at radius 2 is 1.79 bits per heavy atom. The highest BCUT2D eigenvalue weighted by Crippen LogP contribution is 2.30. The van der Waals surface area contributed by atoms with E-state index in [1.54, 1.807) is 32.4 Å². The van der Waals surface area contributed by atoms with E-state index >= 15 is 4.39 Å². The Hall–Kier alpha value is -3.39. The molecule has 0 saturated heterocycles. The summed E-state index contributed by atoms with van der Waals surface area (Å²) in [7, 11) is 3.15. The lowest BCUT2D eigenvalue weighted by Gasteiger charge is -2.33. The molecule has 1 saturated carbocycles. The average Bonchev–Trinajstić information content (AvgIpc) is 3.45. The summed E-state index contributed by atoms with van der Waals surface area (Å²) in [5.74, 6) is 0.130. The largest absolute Gasteiger partial charge is 0.493 e. The molecule has 1 aliphatic rings. The first-order chi connectivity index (χ1) is 18.5. The number of nitrogens with one attached hydrogen (secondary N) is 1. The predicted octanol–water partition coefficient (Wildman–Crippen LogP) is 5.71. The van der Waals surface area contributed by atoms with Gasteiger partial charge in [0.05, 0.1) is 20.6 Å². The maximum atomic E-state index is 15.2. The van der Waals surface area contributed by atoms with Crippen LogP contribution in [0.1, 0.15) is 54.1 Å². The minimum atomic E-state index is -1.08. The molecule has 1 aromatic heterocycles. The molecular weight excluding hydrogens is 503 g/mol. The van der Waals surface area contributed by atoms with E-state index in [4.69, 9.17) is 9.47 Å². The van der Waals surface area contributed by atoms with Crippen molar-refractivity contribution in [2.45, 2.75) is 57.0 Å². The first-order valence-electron chi connectivity index (χ1n) is 13.1. The van der Waals surface area contributed by atoms with Crippen molar-refractivity contribution in [2.24, 2.45) is 0 Å². The van der Waals surface area contributed by atoms with Crippen molar-refractivity contribution in [3.8, 4) is 11.5 Å². The third-order valence-corrected chi connectivity index (χ3v) is 7.90. The molecule has 1 heterocycles. The van der Waals surface area contributed by atoms with Gasteiger partial charge in [0.15, 0.2) is 11.5 Å². The molecule has 2 aromatic carbocycles. The summed E-state index contributed by atoms with van der Waals surface area (Å²) in [5, 5.41) is 5.05. The van der Waals surface area contributed by atoms with Crippen LogP contribution in [0.2, 0.25) is 0 Å². The van der Waals surface area contributed by atoms with Gasteiger partial charge in [0, 0.05) is 23.0 Å². The molecule has 4 rings (SSSR count). The van der Waals surface area contributed by atoms with Crippen molar-refractivity contribution in [3.63, 3.8) is 0 Å². The van der Waals surface area contributed by atoms with E-state index in [0.29, 0.717) is 17.9 Å². The summed E-state index contributed by atoms with van der Waals surface area (Å²) in [6, 6.07) is 14.6. The Morgan fingerprint density at radius 1 is 1.03 bits per heavy atom. The van der Waals surface area contributed by atoms with Gasteiger partial charge in [0.2, 0.25) is 11.8 Å². The smallest absolute Gasteiger partial charge is 0.247 e. The number of amides is 2. The second-order valence-electron chi connectivity index (χ2n) is 9.55. The van der Waals surface area contributed by atoms with Crippen LogP contribution in [0.3, 0.4) is 0 Å². The number of ether oxygens (including phenoxy) is 2. The number of thiophene rings is 1. The maximum absolute atomic E-state index is 15.2. The lowest BCUT2D eigenvalue weighted by Crippen LogP contribution is -2.48. The number of hydrogen-bond donors (Lipinski definition) is 1. The van der Waals surface area contributed by atoms with Crippen molar-refractivity contribution in [3.05, 3.63) is 81.8 Å². The fourth-order valence-corrected chi connectivity index (χ4v) is 5.72. The second kappa shape index (κ2) is 13.4. The standard InChI is InChI=1S/C30H35FN2O4S/c1-36-26-15-14-21(19-27(26)37-2)16-17-33(28(34)20-23-11-8-18-38-23)29(24-12-6-7-13-25(24)31)30(35)32-22-9-4-3-5-10-22/h6-8,11-15,18-19,22,29H,3-5,9-10,16-17,20H2,1-2H3,(H,32,35)/t29-/m0/s1. The first-order valence-corrected chi connectivity index (χ1v) is 14.0. The summed E-state index contributed by atoms with van der Waals surface area (Å²) < 4.78 is 26.0. The van der Waals surface area contributed by atoms with Gasteiger partial charge in [-0.1, -0.05) is 49.6 Å². The fourth-order valence-electron chi connectivity index (χ4n) is 5.02. The highest BCUT2D eigenvalue weighted by atomic mass is 32.1. The number of benzene rings is 2. The van der Waals surface area contributed by atoms with Crippen LogP contribution in [0.4, 0.5) is 4.39 Å².